The number of carbonyl (C=O) groups excluding carboxylic acids is 1. The summed E-state index contributed by atoms with van der Waals surface area (Å²) in [6, 6.07) is 6.20. The number of non-ortho nitro benzene ring substituents is 1. The molecule has 1 aliphatic rings. The second-order valence-corrected chi connectivity index (χ2v) is 7.63. The quantitative estimate of drug-likeness (QED) is 0.181. The van der Waals surface area contributed by atoms with Crippen LogP contribution in [-0.2, 0) is 20.0 Å². The number of ether oxygens (including phenoxy) is 2. The average Bonchev–Trinajstić information content (AvgIpc) is 3.33. The Morgan fingerprint density at radius 3 is 2.68 bits per heavy atom. The van der Waals surface area contributed by atoms with E-state index in [1.54, 1.807) is 12.1 Å². The van der Waals surface area contributed by atoms with Gasteiger partial charge in [0.15, 0.2) is 18.0 Å². The lowest BCUT2D eigenvalue weighted by Gasteiger charge is -2.16. The van der Waals surface area contributed by atoms with E-state index in [4.69, 9.17) is 4.74 Å². The molecule has 31 heavy (non-hydrogen) atoms. The van der Waals surface area contributed by atoms with Crippen LogP contribution in [0.5, 0.6) is 0 Å². The Hall–Kier alpha value is -3.13. The molecule has 0 aliphatic carbocycles. The van der Waals surface area contributed by atoms with Gasteiger partial charge in [-0.25, -0.2) is 19.7 Å². The van der Waals surface area contributed by atoms with Crippen LogP contribution >= 0.6 is 11.8 Å². The van der Waals surface area contributed by atoms with E-state index in [0.29, 0.717) is 21.9 Å². The molecule has 0 radical (unpaired) electrons. The van der Waals surface area contributed by atoms with E-state index in [1.807, 2.05) is 0 Å². The van der Waals surface area contributed by atoms with E-state index in [1.165, 1.54) is 41.1 Å². The normalized spacial score (nSPS) is 23.2. The minimum atomic E-state index is -1.47. The molecule has 162 valence electrons. The van der Waals surface area contributed by atoms with E-state index in [9.17, 15) is 25.1 Å². The molecule has 2 aromatic heterocycles. The van der Waals surface area contributed by atoms with Crippen molar-refractivity contribution in [1.82, 2.24) is 19.5 Å². The Labute approximate surface area is 179 Å². The van der Waals surface area contributed by atoms with Gasteiger partial charge < -0.3 is 19.7 Å². The number of aromatic nitrogens is 4. The van der Waals surface area contributed by atoms with Gasteiger partial charge in [0.25, 0.3) is 5.69 Å². The molecule has 3 heterocycles. The number of methoxy groups -OCH3 is 1. The molecule has 0 amide bonds. The third kappa shape index (κ3) is 3.95. The summed E-state index contributed by atoms with van der Waals surface area (Å²) in [5.41, 5.74) is 1.67. The SMILES string of the molecule is COC(=O)[C@H]1O[C@@H](n2cnc3c(SCc4ccc([N+](=O)[O-])cc4)ncnc32)[C@H](O)[C@@H]1O. The number of aliphatic hydroxyl groups is 2. The van der Waals surface area contributed by atoms with Crippen molar-refractivity contribution in [2.75, 3.05) is 7.11 Å². The van der Waals surface area contributed by atoms with E-state index < -0.39 is 35.4 Å². The fourth-order valence-electron chi connectivity index (χ4n) is 3.19. The van der Waals surface area contributed by atoms with Gasteiger partial charge in [0, 0.05) is 17.9 Å². The average molecular weight is 447 g/mol. The number of carbonyl (C=O) groups is 1. The van der Waals surface area contributed by atoms with Gasteiger partial charge in [0.2, 0.25) is 0 Å². The summed E-state index contributed by atoms with van der Waals surface area (Å²) in [7, 11) is 1.16. The molecule has 1 fully saturated rings. The van der Waals surface area contributed by atoms with Crippen LogP contribution in [0.3, 0.4) is 0 Å². The van der Waals surface area contributed by atoms with Crippen molar-refractivity contribution in [2.24, 2.45) is 0 Å². The summed E-state index contributed by atoms with van der Waals surface area (Å²) in [6.45, 7) is 0. The number of aliphatic hydroxyl groups excluding tert-OH is 2. The molecule has 0 spiro atoms. The predicted octanol–water partition coefficient (Wildman–Crippen LogP) is 0.819. The van der Waals surface area contributed by atoms with Crippen molar-refractivity contribution in [3.63, 3.8) is 0 Å². The zero-order valence-corrected chi connectivity index (χ0v) is 16.9. The predicted molar refractivity (Wildman–Crippen MR) is 106 cm³/mol. The zero-order chi connectivity index (χ0) is 22.1. The minimum absolute atomic E-state index is 0.0134. The van der Waals surface area contributed by atoms with Crippen LogP contribution in [0.15, 0.2) is 41.9 Å². The molecule has 0 saturated carbocycles. The fourth-order valence-corrected chi connectivity index (χ4v) is 4.09. The number of nitrogens with zero attached hydrogens (tertiary/aromatic N) is 5. The first-order chi connectivity index (χ1) is 14.9. The molecular formula is C18H17N5O7S. The van der Waals surface area contributed by atoms with E-state index in [0.717, 1.165) is 12.7 Å². The number of nitro benzene ring substituents is 1. The third-order valence-corrected chi connectivity index (χ3v) is 5.84. The maximum Gasteiger partial charge on any atom is 0.337 e. The van der Waals surface area contributed by atoms with Crippen LogP contribution in [0.25, 0.3) is 11.2 Å². The molecule has 1 saturated heterocycles. The lowest BCUT2D eigenvalue weighted by molar-refractivity contribution is -0.384. The maximum absolute atomic E-state index is 11.8. The second-order valence-electron chi connectivity index (χ2n) is 6.67. The van der Waals surface area contributed by atoms with E-state index in [2.05, 4.69) is 19.7 Å². The van der Waals surface area contributed by atoms with Gasteiger partial charge in [-0.05, 0) is 5.56 Å². The molecule has 13 heteroatoms. The standard InChI is InChI=1S/C18H17N5O7S/c1-29-18(26)14-12(24)13(25)17(30-14)22-8-21-11-15(22)19-7-20-16(11)31-6-9-2-4-10(5-3-9)23(27)28/h2-5,7-8,12-14,17,24-25H,6H2,1H3/t12-,13+,14-,17+/m0/s1. The molecule has 3 aromatic rings. The minimum Gasteiger partial charge on any atom is -0.467 e. The van der Waals surface area contributed by atoms with E-state index >= 15 is 0 Å². The van der Waals surface area contributed by atoms with E-state index in [-0.39, 0.29) is 5.69 Å². The maximum atomic E-state index is 11.8. The molecule has 12 nitrogen and oxygen atoms in total. The van der Waals surface area contributed by atoms with Crippen LogP contribution in [0.1, 0.15) is 11.8 Å². The van der Waals surface area contributed by atoms with Gasteiger partial charge in [0.05, 0.1) is 18.4 Å². The number of nitro groups is 1. The number of benzene rings is 1. The number of esters is 1. The highest BCUT2D eigenvalue weighted by atomic mass is 32.2. The Morgan fingerprint density at radius 1 is 1.26 bits per heavy atom. The smallest absolute Gasteiger partial charge is 0.337 e. The van der Waals surface area contributed by atoms with Gasteiger partial charge in [-0.2, -0.15) is 0 Å². The Balaban J connectivity index is 1.56. The second kappa shape index (κ2) is 8.55. The van der Waals surface area contributed by atoms with Crippen LogP contribution in [0, 0.1) is 10.1 Å². The van der Waals surface area contributed by atoms with Gasteiger partial charge >= 0.3 is 5.97 Å². The lowest BCUT2D eigenvalue weighted by Crippen LogP contribution is -2.36. The van der Waals surface area contributed by atoms with Crippen molar-refractivity contribution in [2.45, 2.75) is 35.3 Å². The van der Waals surface area contributed by atoms with Crippen molar-refractivity contribution < 1.29 is 29.4 Å². The Bertz CT molecular complexity index is 1120. The summed E-state index contributed by atoms with van der Waals surface area (Å²) in [6.07, 6.45) is -2.57. The summed E-state index contributed by atoms with van der Waals surface area (Å²) in [5, 5.41) is 31.8. The Kier molecular flexibility index (Phi) is 5.82. The summed E-state index contributed by atoms with van der Waals surface area (Å²) >= 11 is 1.36. The van der Waals surface area contributed by atoms with Crippen LogP contribution in [0.4, 0.5) is 5.69 Å². The van der Waals surface area contributed by atoms with Crippen molar-refractivity contribution >= 4 is 34.6 Å². The van der Waals surface area contributed by atoms with Crippen LogP contribution in [0.2, 0.25) is 0 Å². The van der Waals surface area contributed by atoms with Crippen LogP contribution in [-0.4, -0.2) is 66.0 Å². The van der Waals surface area contributed by atoms with Gasteiger partial charge in [-0.15, -0.1) is 0 Å². The number of fused-ring (bicyclic) bond motifs is 1. The van der Waals surface area contributed by atoms with Crippen LogP contribution < -0.4 is 0 Å². The lowest BCUT2D eigenvalue weighted by atomic mass is 10.1. The highest BCUT2D eigenvalue weighted by Gasteiger charge is 2.48. The molecule has 0 bridgehead atoms. The molecule has 0 unspecified atom stereocenters. The van der Waals surface area contributed by atoms with Crippen molar-refractivity contribution in [1.29, 1.82) is 0 Å². The first kappa shape index (κ1) is 21.1. The molecule has 1 aromatic carbocycles. The molecule has 4 atom stereocenters. The van der Waals surface area contributed by atoms with Gasteiger partial charge in [-0.3, -0.25) is 14.7 Å². The topological polar surface area (TPSA) is 163 Å². The number of thioether (sulfide) groups is 1. The van der Waals surface area contributed by atoms with Crippen molar-refractivity contribution in [3.8, 4) is 0 Å². The number of rotatable bonds is 6. The van der Waals surface area contributed by atoms with Gasteiger partial charge in [-0.1, -0.05) is 23.9 Å². The number of hydrogen-bond donors (Lipinski definition) is 2. The largest absolute Gasteiger partial charge is 0.467 e. The molecule has 2 N–H and O–H groups in total. The molecule has 4 rings (SSSR count). The summed E-state index contributed by atoms with van der Waals surface area (Å²) < 4.78 is 11.5. The monoisotopic (exact) mass is 447 g/mol. The first-order valence-electron chi connectivity index (χ1n) is 9.03. The number of imidazole rings is 1. The number of hydrogen-bond acceptors (Lipinski definition) is 11. The van der Waals surface area contributed by atoms with Crippen molar-refractivity contribution in [3.05, 3.63) is 52.6 Å². The summed E-state index contributed by atoms with van der Waals surface area (Å²) in [5.74, 6) is -0.310. The van der Waals surface area contributed by atoms with Gasteiger partial charge in [0.1, 0.15) is 29.1 Å². The molecular weight excluding hydrogens is 430 g/mol. The third-order valence-electron chi connectivity index (χ3n) is 4.79. The highest BCUT2D eigenvalue weighted by molar-refractivity contribution is 7.98. The Morgan fingerprint density at radius 2 is 2.00 bits per heavy atom. The highest BCUT2D eigenvalue weighted by Crippen LogP contribution is 2.34. The summed E-state index contributed by atoms with van der Waals surface area (Å²) in [4.78, 5) is 34.8. The molecule has 1 aliphatic heterocycles. The zero-order valence-electron chi connectivity index (χ0n) is 16.1. The first-order valence-corrected chi connectivity index (χ1v) is 10.0. The fraction of sp³-hybridized carbons (Fsp3) is 0.333.